The summed E-state index contributed by atoms with van der Waals surface area (Å²) in [6.45, 7) is 8.25. The molecule has 2 heterocycles. The summed E-state index contributed by atoms with van der Waals surface area (Å²) < 4.78 is 0. The highest BCUT2D eigenvalue weighted by Crippen LogP contribution is 2.27. The molecule has 0 spiro atoms. The summed E-state index contributed by atoms with van der Waals surface area (Å²) in [7, 11) is 0. The average molecular weight is 281 g/mol. The maximum atomic E-state index is 12.1. The lowest BCUT2D eigenvalue weighted by molar-refractivity contribution is -0.123. The second-order valence-electron chi connectivity index (χ2n) is 6.54. The van der Waals surface area contributed by atoms with Crippen LogP contribution in [-0.4, -0.2) is 49.1 Å². The van der Waals surface area contributed by atoms with Crippen LogP contribution in [0.2, 0.25) is 0 Å². The zero-order valence-corrected chi connectivity index (χ0v) is 13.2. The van der Waals surface area contributed by atoms with Crippen molar-refractivity contribution in [2.75, 3.05) is 26.2 Å². The lowest BCUT2D eigenvalue weighted by Gasteiger charge is -2.34. The summed E-state index contributed by atoms with van der Waals surface area (Å²) in [5.41, 5.74) is 0. The molecule has 3 unspecified atom stereocenters. The number of carbonyl (C=O) groups excluding carboxylic acids is 1. The van der Waals surface area contributed by atoms with Crippen LogP contribution in [0.25, 0.3) is 0 Å². The van der Waals surface area contributed by atoms with Gasteiger partial charge in [-0.2, -0.15) is 0 Å². The molecule has 2 aliphatic rings. The maximum Gasteiger partial charge on any atom is 0.234 e. The largest absolute Gasteiger partial charge is 0.353 e. The molecule has 2 fully saturated rings. The first-order valence-corrected chi connectivity index (χ1v) is 8.44. The fourth-order valence-corrected chi connectivity index (χ4v) is 3.80. The molecule has 2 rings (SSSR count). The average Bonchev–Trinajstić information content (AvgIpc) is 2.87. The van der Waals surface area contributed by atoms with Crippen LogP contribution in [0.15, 0.2) is 0 Å². The van der Waals surface area contributed by atoms with Crippen LogP contribution in [0.4, 0.5) is 0 Å². The monoisotopic (exact) mass is 281 g/mol. The minimum atomic E-state index is 0.210. The van der Waals surface area contributed by atoms with Crippen molar-refractivity contribution in [3.05, 3.63) is 0 Å². The SMILES string of the molecule is CCCC(C)NC(=O)CN1CCCC1C1CCCNC1. The van der Waals surface area contributed by atoms with Gasteiger partial charge in [-0.3, -0.25) is 9.69 Å². The predicted octanol–water partition coefficient (Wildman–Crippen LogP) is 1.76. The second kappa shape index (κ2) is 7.99. The molecule has 2 aliphatic heterocycles. The molecule has 0 aliphatic carbocycles. The van der Waals surface area contributed by atoms with E-state index in [1.165, 1.54) is 25.7 Å². The molecular formula is C16H31N3O. The van der Waals surface area contributed by atoms with Crippen molar-refractivity contribution >= 4 is 5.91 Å². The van der Waals surface area contributed by atoms with Gasteiger partial charge in [-0.1, -0.05) is 13.3 Å². The van der Waals surface area contributed by atoms with Crippen LogP contribution in [0.1, 0.15) is 52.4 Å². The third-order valence-electron chi connectivity index (χ3n) is 4.77. The van der Waals surface area contributed by atoms with Gasteiger partial charge in [0.1, 0.15) is 0 Å². The highest BCUT2D eigenvalue weighted by Gasteiger charge is 2.33. The van der Waals surface area contributed by atoms with Gasteiger partial charge >= 0.3 is 0 Å². The number of likely N-dealkylation sites (tertiary alicyclic amines) is 1. The minimum Gasteiger partial charge on any atom is -0.353 e. The first-order valence-electron chi connectivity index (χ1n) is 8.44. The van der Waals surface area contributed by atoms with E-state index < -0.39 is 0 Å². The third kappa shape index (κ3) is 4.45. The van der Waals surface area contributed by atoms with E-state index in [9.17, 15) is 4.79 Å². The Balaban J connectivity index is 1.79. The number of hydrogen-bond donors (Lipinski definition) is 2. The Kier molecular flexibility index (Phi) is 6.30. The van der Waals surface area contributed by atoms with Crippen LogP contribution in [0.5, 0.6) is 0 Å². The molecule has 2 saturated heterocycles. The number of nitrogens with zero attached hydrogens (tertiary/aromatic N) is 1. The molecule has 0 bridgehead atoms. The molecule has 1 amide bonds. The Morgan fingerprint density at radius 3 is 2.95 bits per heavy atom. The van der Waals surface area contributed by atoms with E-state index in [2.05, 4.69) is 29.4 Å². The fraction of sp³-hybridized carbons (Fsp3) is 0.938. The topological polar surface area (TPSA) is 44.4 Å². The van der Waals surface area contributed by atoms with Gasteiger partial charge in [0.15, 0.2) is 0 Å². The van der Waals surface area contributed by atoms with Crippen LogP contribution in [0.3, 0.4) is 0 Å². The molecule has 3 atom stereocenters. The number of hydrogen-bond acceptors (Lipinski definition) is 3. The Morgan fingerprint density at radius 1 is 1.40 bits per heavy atom. The van der Waals surface area contributed by atoms with Crippen molar-refractivity contribution in [1.29, 1.82) is 0 Å². The summed E-state index contributed by atoms with van der Waals surface area (Å²) >= 11 is 0. The molecule has 4 heteroatoms. The fourth-order valence-electron chi connectivity index (χ4n) is 3.80. The van der Waals surface area contributed by atoms with Gasteiger partial charge in [0, 0.05) is 12.1 Å². The molecule has 0 radical (unpaired) electrons. The number of rotatable bonds is 6. The summed E-state index contributed by atoms with van der Waals surface area (Å²) in [4.78, 5) is 14.6. The summed E-state index contributed by atoms with van der Waals surface area (Å²) in [5.74, 6) is 0.953. The van der Waals surface area contributed by atoms with Crippen LogP contribution in [0, 0.1) is 5.92 Å². The molecule has 0 aromatic carbocycles. The second-order valence-corrected chi connectivity index (χ2v) is 6.54. The van der Waals surface area contributed by atoms with Crippen molar-refractivity contribution in [3.8, 4) is 0 Å². The van der Waals surface area contributed by atoms with Crippen molar-refractivity contribution in [2.24, 2.45) is 5.92 Å². The number of piperidine rings is 1. The minimum absolute atomic E-state index is 0.210. The Bertz CT molecular complexity index is 302. The zero-order valence-electron chi connectivity index (χ0n) is 13.2. The molecule has 2 N–H and O–H groups in total. The van der Waals surface area contributed by atoms with Gasteiger partial charge in [0.05, 0.1) is 6.54 Å². The molecule has 4 nitrogen and oxygen atoms in total. The third-order valence-corrected chi connectivity index (χ3v) is 4.77. The van der Waals surface area contributed by atoms with E-state index in [0.717, 1.165) is 38.4 Å². The van der Waals surface area contributed by atoms with E-state index in [1.807, 2.05) is 0 Å². The molecular weight excluding hydrogens is 250 g/mol. The van der Waals surface area contributed by atoms with Gasteiger partial charge < -0.3 is 10.6 Å². The summed E-state index contributed by atoms with van der Waals surface area (Å²) in [6, 6.07) is 0.930. The van der Waals surface area contributed by atoms with Crippen molar-refractivity contribution < 1.29 is 4.79 Å². The van der Waals surface area contributed by atoms with Gasteiger partial charge in [0.2, 0.25) is 5.91 Å². The molecule has 0 saturated carbocycles. The maximum absolute atomic E-state index is 12.1. The van der Waals surface area contributed by atoms with Crippen LogP contribution >= 0.6 is 0 Å². The Hall–Kier alpha value is -0.610. The lowest BCUT2D eigenvalue weighted by Crippen LogP contribution is -2.47. The highest BCUT2D eigenvalue weighted by molar-refractivity contribution is 5.78. The zero-order chi connectivity index (χ0) is 14.4. The Morgan fingerprint density at radius 2 is 2.25 bits per heavy atom. The van der Waals surface area contributed by atoms with Gasteiger partial charge in [0.25, 0.3) is 0 Å². The standard InChI is InChI=1S/C16H31N3O/c1-3-6-13(2)18-16(20)12-19-10-5-8-15(19)14-7-4-9-17-11-14/h13-15,17H,3-12H2,1-2H3,(H,18,20). The highest BCUT2D eigenvalue weighted by atomic mass is 16.2. The van der Waals surface area contributed by atoms with Gasteiger partial charge in [-0.05, 0) is 64.6 Å². The van der Waals surface area contributed by atoms with E-state index >= 15 is 0 Å². The molecule has 0 aromatic rings. The van der Waals surface area contributed by atoms with Gasteiger partial charge in [-0.15, -0.1) is 0 Å². The van der Waals surface area contributed by atoms with Crippen LogP contribution < -0.4 is 10.6 Å². The van der Waals surface area contributed by atoms with Crippen LogP contribution in [-0.2, 0) is 4.79 Å². The first-order chi connectivity index (χ1) is 9.70. The lowest BCUT2D eigenvalue weighted by atomic mass is 9.90. The summed E-state index contributed by atoms with van der Waals surface area (Å²) in [5, 5.41) is 6.64. The molecule has 20 heavy (non-hydrogen) atoms. The van der Waals surface area contributed by atoms with E-state index in [1.54, 1.807) is 0 Å². The number of nitrogens with one attached hydrogen (secondary N) is 2. The molecule has 0 aromatic heterocycles. The predicted molar refractivity (Wildman–Crippen MR) is 82.7 cm³/mol. The quantitative estimate of drug-likeness (QED) is 0.780. The Labute approximate surface area is 123 Å². The first kappa shape index (κ1) is 15.8. The van der Waals surface area contributed by atoms with E-state index in [0.29, 0.717) is 18.6 Å². The van der Waals surface area contributed by atoms with E-state index in [4.69, 9.17) is 0 Å². The van der Waals surface area contributed by atoms with Crippen molar-refractivity contribution in [1.82, 2.24) is 15.5 Å². The normalized spacial score (nSPS) is 29.3. The summed E-state index contributed by atoms with van der Waals surface area (Å²) in [6.07, 6.45) is 7.32. The molecule has 116 valence electrons. The van der Waals surface area contributed by atoms with E-state index in [-0.39, 0.29) is 5.91 Å². The van der Waals surface area contributed by atoms with Crippen molar-refractivity contribution in [3.63, 3.8) is 0 Å². The number of amides is 1. The van der Waals surface area contributed by atoms with Gasteiger partial charge in [-0.25, -0.2) is 0 Å². The number of carbonyl (C=O) groups is 1. The smallest absolute Gasteiger partial charge is 0.234 e. The van der Waals surface area contributed by atoms with Crippen molar-refractivity contribution in [2.45, 2.75) is 64.5 Å².